The van der Waals surface area contributed by atoms with Crippen LogP contribution in [-0.2, 0) is 5.60 Å². The van der Waals surface area contributed by atoms with Crippen LogP contribution in [0.15, 0.2) is 30.3 Å². The smallest absolute Gasteiger partial charge is 0.324 e. The second-order valence-electron chi connectivity index (χ2n) is 10.5. The molecule has 0 aliphatic heterocycles. The van der Waals surface area contributed by atoms with E-state index in [1.807, 2.05) is 30.3 Å². The molecule has 1 aromatic carbocycles. The van der Waals surface area contributed by atoms with Crippen molar-refractivity contribution < 1.29 is 49.8 Å². The third-order valence-electron chi connectivity index (χ3n) is 7.50. The summed E-state index contributed by atoms with van der Waals surface area (Å²) < 4.78 is 0. The summed E-state index contributed by atoms with van der Waals surface area (Å²) in [6, 6.07) is 9.33. The molecule has 12 heteroatoms. The lowest BCUT2D eigenvalue weighted by atomic mass is 9.62. The topological polar surface area (TPSA) is 202 Å². The van der Waals surface area contributed by atoms with Crippen molar-refractivity contribution >= 4 is 17.2 Å². The summed E-state index contributed by atoms with van der Waals surface area (Å²) in [5.74, 6) is 0. The van der Waals surface area contributed by atoms with Gasteiger partial charge in [0, 0.05) is 0 Å². The van der Waals surface area contributed by atoms with E-state index in [0.29, 0.717) is 18.4 Å². The summed E-state index contributed by atoms with van der Waals surface area (Å²) >= 11 is 0. The molecule has 244 valence electrons. The zero-order valence-electron chi connectivity index (χ0n) is 25.1. The molecule has 41 heavy (non-hydrogen) atoms. The highest BCUT2D eigenvalue weighted by Gasteiger charge is 2.54. The van der Waals surface area contributed by atoms with Gasteiger partial charge < -0.3 is 49.8 Å². The van der Waals surface area contributed by atoms with E-state index in [2.05, 4.69) is 13.8 Å². The number of aliphatic hydroxyl groups is 4. The lowest BCUT2D eigenvalue weighted by Gasteiger charge is -2.48. The fourth-order valence-electron chi connectivity index (χ4n) is 5.10. The Kier molecular flexibility index (Phi) is 28.4. The Hall–Kier alpha value is -0.320. The van der Waals surface area contributed by atoms with Gasteiger partial charge in [-0.15, -0.1) is 0 Å². The molecule has 10 N–H and O–H groups in total. The summed E-state index contributed by atoms with van der Waals surface area (Å²) in [4.78, 5) is 43.4. The summed E-state index contributed by atoms with van der Waals surface area (Å²) in [6.45, 7) is 3.51. The van der Waals surface area contributed by atoms with E-state index in [9.17, 15) is 20.4 Å². The van der Waals surface area contributed by atoms with Crippen LogP contribution >= 0.6 is 17.2 Å². The van der Waals surface area contributed by atoms with Crippen LogP contribution in [0, 0.1) is 5.41 Å². The highest BCUT2D eigenvalue weighted by molar-refractivity contribution is 7.38. The molecule has 0 amide bonds. The van der Waals surface area contributed by atoms with Crippen molar-refractivity contribution in [2.24, 2.45) is 5.41 Å². The van der Waals surface area contributed by atoms with Crippen LogP contribution in [0.1, 0.15) is 122 Å². The maximum atomic E-state index is 12.0. The van der Waals surface area contributed by atoms with E-state index >= 15 is 0 Å². The average Bonchev–Trinajstić information content (AvgIpc) is 2.93. The largest absolute Gasteiger partial charge is 0.395 e. The van der Waals surface area contributed by atoms with Gasteiger partial charge in [0.05, 0.1) is 24.7 Å². The van der Waals surface area contributed by atoms with Crippen molar-refractivity contribution in [3.05, 3.63) is 35.9 Å². The summed E-state index contributed by atoms with van der Waals surface area (Å²) in [6.07, 6.45) is 15.7. The number of hydrogen-bond acceptors (Lipinski definition) is 10. The summed E-state index contributed by atoms with van der Waals surface area (Å²) in [7, 11) is -5.24. The normalized spacial score (nSPS) is 13.7. The highest BCUT2D eigenvalue weighted by Crippen LogP contribution is 2.47. The number of hydrogen-bond donors (Lipinski definition) is 10. The van der Waals surface area contributed by atoms with Crippen molar-refractivity contribution in [1.82, 2.24) is 0 Å². The van der Waals surface area contributed by atoms with Crippen molar-refractivity contribution in [2.75, 3.05) is 13.2 Å². The minimum Gasteiger partial charge on any atom is -0.395 e. The molecule has 0 bridgehead atoms. The molecule has 1 aromatic rings. The lowest BCUT2D eigenvalue weighted by Crippen LogP contribution is -2.58. The van der Waals surface area contributed by atoms with Crippen LogP contribution in [0.3, 0.4) is 0 Å². The van der Waals surface area contributed by atoms with Gasteiger partial charge in [0.25, 0.3) is 0 Å². The van der Waals surface area contributed by atoms with Gasteiger partial charge in [0.2, 0.25) is 0 Å². The first-order valence-electron chi connectivity index (χ1n) is 14.9. The van der Waals surface area contributed by atoms with Gasteiger partial charge >= 0.3 is 17.2 Å². The van der Waals surface area contributed by atoms with Crippen molar-refractivity contribution in [3.63, 3.8) is 0 Å². The van der Waals surface area contributed by atoms with Gasteiger partial charge in [-0.3, -0.25) is 0 Å². The molecule has 0 saturated heterocycles. The molecule has 0 heterocycles. The van der Waals surface area contributed by atoms with Gasteiger partial charge in [-0.05, 0) is 18.4 Å². The van der Waals surface area contributed by atoms with Crippen LogP contribution in [-0.4, -0.2) is 69.1 Å². The number of aliphatic hydroxyl groups excluding tert-OH is 3. The Morgan fingerprint density at radius 2 is 0.976 bits per heavy atom. The van der Waals surface area contributed by atoms with Gasteiger partial charge in [-0.25, -0.2) is 0 Å². The predicted octanol–water partition coefficient (Wildman–Crippen LogP) is 4.87. The van der Waals surface area contributed by atoms with E-state index in [1.165, 1.54) is 51.4 Å². The second kappa shape index (κ2) is 27.2. The molecule has 0 aliphatic rings. The van der Waals surface area contributed by atoms with Gasteiger partial charge in [0.1, 0.15) is 5.60 Å². The van der Waals surface area contributed by atoms with E-state index in [1.54, 1.807) is 0 Å². The van der Waals surface area contributed by atoms with E-state index in [-0.39, 0.29) is 0 Å². The zero-order valence-corrected chi connectivity index (χ0v) is 26.8. The Balaban J connectivity index is 0. The Labute approximate surface area is 249 Å². The minimum absolute atomic E-state index is 0.417. The molecule has 2 unspecified atom stereocenters. The second-order valence-corrected chi connectivity index (χ2v) is 11.6. The minimum atomic E-state index is -2.62. The molecule has 0 fully saturated rings. The van der Waals surface area contributed by atoms with Crippen LogP contribution in [0.4, 0.5) is 0 Å². The third-order valence-corrected chi connectivity index (χ3v) is 7.50. The molecule has 0 radical (unpaired) electrons. The van der Waals surface area contributed by atoms with Crippen molar-refractivity contribution in [3.8, 4) is 0 Å². The average molecular weight is 629 g/mol. The maximum absolute atomic E-state index is 12.0. The fraction of sp³-hybridized carbons (Fsp3) is 0.793. The molecule has 0 aromatic heterocycles. The molecule has 0 spiro atoms. The van der Waals surface area contributed by atoms with Gasteiger partial charge in [-0.2, -0.15) is 0 Å². The van der Waals surface area contributed by atoms with Crippen LogP contribution in [0.2, 0.25) is 0 Å². The molecule has 10 nitrogen and oxygen atoms in total. The number of benzene rings is 1. The lowest BCUT2D eigenvalue weighted by molar-refractivity contribution is -0.196. The first kappa shape index (κ1) is 42.8. The van der Waals surface area contributed by atoms with Crippen molar-refractivity contribution in [1.29, 1.82) is 0 Å². The molecular weight excluding hydrogens is 570 g/mol. The zero-order chi connectivity index (χ0) is 31.6. The fourth-order valence-corrected chi connectivity index (χ4v) is 5.10. The molecule has 2 atom stereocenters. The maximum Gasteiger partial charge on any atom is 0.324 e. The van der Waals surface area contributed by atoms with E-state index in [0.717, 1.165) is 38.5 Å². The Bertz CT molecular complexity index is 669. The van der Waals surface area contributed by atoms with Gasteiger partial charge in [-0.1, -0.05) is 134 Å². The van der Waals surface area contributed by atoms with Crippen LogP contribution < -0.4 is 0 Å². The van der Waals surface area contributed by atoms with E-state index < -0.39 is 47.5 Å². The number of rotatable bonds is 21. The molecule has 1 rings (SSSR count). The first-order chi connectivity index (χ1) is 19.5. The predicted molar refractivity (Wildman–Crippen MR) is 165 cm³/mol. The first-order valence-corrected chi connectivity index (χ1v) is 17.3. The molecule has 0 saturated carbocycles. The summed E-state index contributed by atoms with van der Waals surface area (Å²) in [5, 5.41) is 44.2. The SMILES string of the molecule is CCCCCCCCCC(O)C(CO)(CO)C(O)(CCCCCCCCC)c1ccccc1.OP(O)O.OP(O)O. The third kappa shape index (κ3) is 19.6. The quantitative estimate of drug-likeness (QED) is 0.0661. The monoisotopic (exact) mass is 628 g/mol. The highest BCUT2D eigenvalue weighted by atomic mass is 31.2. The number of unbranched alkanes of at least 4 members (excludes halogenated alkanes) is 12. The standard InChI is InChI=1S/C29H52O4.2H3O3P/c1-3-5-7-9-11-13-18-22-27(32)28(24-30,25-31)29(33,26-20-16-15-17-21-26)23-19-14-12-10-8-6-4-2;2*1-4(2)3/h15-17,20-21,27,30-33H,3-14,18-19,22-25H2,1-2H3;2*1-3H. The van der Waals surface area contributed by atoms with E-state index in [4.69, 9.17) is 29.4 Å². The van der Waals surface area contributed by atoms with Crippen LogP contribution in [0.25, 0.3) is 0 Å². The van der Waals surface area contributed by atoms with Crippen LogP contribution in [0.5, 0.6) is 0 Å². The summed E-state index contributed by atoms with van der Waals surface area (Å²) in [5.41, 5.74) is -2.21. The van der Waals surface area contributed by atoms with Gasteiger partial charge in [0.15, 0.2) is 0 Å². The Morgan fingerprint density at radius 3 is 1.37 bits per heavy atom. The van der Waals surface area contributed by atoms with Crippen molar-refractivity contribution in [2.45, 2.75) is 128 Å². The Morgan fingerprint density at radius 1 is 0.610 bits per heavy atom. The molecular formula is C29H58O10P2. The molecule has 0 aliphatic carbocycles.